The number of carbonyl (C=O) groups excluding carboxylic acids is 2. The van der Waals surface area contributed by atoms with Crippen LogP contribution in [0.4, 0.5) is 11.4 Å². The maximum atomic E-state index is 12.2. The predicted octanol–water partition coefficient (Wildman–Crippen LogP) is 2.64. The summed E-state index contributed by atoms with van der Waals surface area (Å²) in [6.45, 7) is 6.13. The predicted molar refractivity (Wildman–Crippen MR) is 91.3 cm³/mol. The van der Waals surface area contributed by atoms with Gasteiger partial charge >= 0.3 is 0 Å². The molecular formula is C18H17N3O3. The first-order chi connectivity index (χ1) is 11.5. The standard InChI is InChI=1S/C18H17N3O3/c1-12(2)10-21-15-4-3-14(9-16(15)24-11-17(21)22)20-18(23)13-5-7-19-8-6-13/h3-9H,1,10-11H2,2H3,(H,20,23). The molecule has 2 heterocycles. The number of ether oxygens (including phenoxy) is 1. The van der Waals surface area contributed by atoms with Crippen LogP contribution in [0.2, 0.25) is 0 Å². The summed E-state index contributed by atoms with van der Waals surface area (Å²) in [5.74, 6) is 0.213. The minimum Gasteiger partial charge on any atom is -0.481 e. The van der Waals surface area contributed by atoms with Gasteiger partial charge in [-0.05, 0) is 31.2 Å². The largest absolute Gasteiger partial charge is 0.481 e. The molecule has 1 aromatic heterocycles. The van der Waals surface area contributed by atoms with Crippen molar-refractivity contribution >= 4 is 23.2 Å². The summed E-state index contributed by atoms with van der Waals surface area (Å²) in [6, 6.07) is 8.49. The van der Waals surface area contributed by atoms with E-state index in [9.17, 15) is 9.59 Å². The van der Waals surface area contributed by atoms with Crippen LogP contribution in [0.3, 0.4) is 0 Å². The number of pyridine rings is 1. The van der Waals surface area contributed by atoms with Gasteiger partial charge in [0.2, 0.25) is 0 Å². The molecule has 0 fully saturated rings. The lowest BCUT2D eigenvalue weighted by Crippen LogP contribution is -2.39. The molecule has 1 aromatic carbocycles. The number of hydrogen-bond acceptors (Lipinski definition) is 4. The maximum absolute atomic E-state index is 12.2. The Morgan fingerprint density at radius 3 is 2.79 bits per heavy atom. The highest BCUT2D eigenvalue weighted by Crippen LogP contribution is 2.35. The van der Waals surface area contributed by atoms with Crippen molar-refractivity contribution in [3.8, 4) is 5.75 Å². The lowest BCUT2D eigenvalue weighted by Gasteiger charge is -2.29. The van der Waals surface area contributed by atoms with Crippen molar-refractivity contribution in [3.63, 3.8) is 0 Å². The molecule has 1 aliphatic rings. The summed E-state index contributed by atoms with van der Waals surface area (Å²) in [5, 5.41) is 2.81. The Balaban J connectivity index is 1.82. The van der Waals surface area contributed by atoms with Crippen molar-refractivity contribution in [1.82, 2.24) is 4.98 Å². The van der Waals surface area contributed by atoms with Crippen LogP contribution in [0, 0.1) is 0 Å². The number of nitrogens with one attached hydrogen (secondary N) is 1. The highest BCUT2D eigenvalue weighted by Gasteiger charge is 2.25. The molecule has 2 amide bonds. The zero-order chi connectivity index (χ0) is 17.1. The Labute approximate surface area is 139 Å². The summed E-state index contributed by atoms with van der Waals surface area (Å²) in [4.78, 5) is 29.7. The van der Waals surface area contributed by atoms with E-state index in [1.165, 1.54) is 0 Å². The molecule has 24 heavy (non-hydrogen) atoms. The number of benzene rings is 1. The maximum Gasteiger partial charge on any atom is 0.265 e. The van der Waals surface area contributed by atoms with Crippen molar-refractivity contribution in [2.24, 2.45) is 0 Å². The fourth-order valence-electron chi connectivity index (χ4n) is 2.43. The van der Waals surface area contributed by atoms with E-state index in [0.29, 0.717) is 29.2 Å². The Bertz CT molecular complexity index is 802. The SMILES string of the molecule is C=C(C)CN1C(=O)COc2cc(NC(=O)c3ccncc3)ccc21. The van der Waals surface area contributed by atoms with Gasteiger partial charge in [-0.25, -0.2) is 0 Å². The van der Waals surface area contributed by atoms with Crippen molar-refractivity contribution < 1.29 is 14.3 Å². The quantitative estimate of drug-likeness (QED) is 0.878. The van der Waals surface area contributed by atoms with Gasteiger partial charge in [-0.2, -0.15) is 0 Å². The molecular weight excluding hydrogens is 306 g/mol. The summed E-state index contributed by atoms with van der Waals surface area (Å²) in [7, 11) is 0. The van der Waals surface area contributed by atoms with E-state index in [1.807, 2.05) is 6.92 Å². The van der Waals surface area contributed by atoms with Crippen LogP contribution in [0.1, 0.15) is 17.3 Å². The minimum absolute atomic E-state index is 0.0258. The van der Waals surface area contributed by atoms with Crippen LogP contribution in [-0.4, -0.2) is 29.9 Å². The molecule has 6 heteroatoms. The van der Waals surface area contributed by atoms with Gasteiger partial charge in [0.15, 0.2) is 6.61 Å². The van der Waals surface area contributed by atoms with E-state index < -0.39 is 0 Å². The fraction of sp³-hybridized carbons (Fsp3) is 0.167. The number of hydrogen-bond donors (Lipinski definition) is 1. The molecule has 0 bridgehead atoms. The zero-order valence-corrected chi connectivity index (χ0v) is 13.3. The van der Waals surface area contributed by atoms with E-state index >= 15 is 0 Å². The molecule has 122 valence electrons. The Hall–Kier alpha value is -3.15. The second kappa shape index (κ2) is 6.54. The smallest absolute Gasteiger partial charge is 0.265 e. The number of fused-ring (bicyclic) bond motifs is 1. The Morgan fingerprint density at radius 2 is 2.08 bits per heavy atom. The van der Waals surface area contributed by atoms with E-state index in [2.05, 4.69) is 16.9 Å². The molecule has 0 radical (unpaired) electrons. The van der Waals surface area contributed by atoms with Crippen LogP contribution in [0.15, 0.2) is 54.9 Å². The zero-order valence-electron chi connectivity index (χ0n) is 13.3. The second-order valence-electron chi connectivity index (χ2n) is 5.60. The number of anilines is 2. The topological polar surface area (TPSA) is 71.5 Å². The van der Waals surface area contributed by atoms with E-state index in [0.717, 1.165) is 5.57 Å². The van der Waals surface area contributed by atoms with Gasteiger partial charge in [0.05, 0.1) is 5.69 Å². The molecule has 0 atom stereocenters. The molecule has 2 aromatic rings. The number of rotatable bonds is 4. The Morgan fingerprint density at radius 1 is 1.33 bits per heavy atom. The van der Waals surface area contributed by atoms with Gasteiger partial charge in [0, 0.05) is 36.3 Å². The van der Waals surface area contributed by atoms with Crippen LogP contribution in [0.5, 0.6) is 5.75 Å². The molecule has 1 aliphatic heterocycles. The first-order valence-electron chi connectivity index (χ1n) is 7.47. The number of amides is 2. The first kappa shape index (κ1) is 15.7. The third-order valence-corrected chi connectivity index (χ3v) is 3.53. The average Bonchev–Trinajstić information content (AvgIpc) is 2.58. The first-order valence-corrected chi connectivity index (χ1v) is 7.47. The minimum atomic E-state index is -0.233. The van der Waals surface area contributed by atoms with Gasteiger partial charge in [0.25, 0.3) is 11.8 Å². The summed E-state index contributed by atoms with van der Waals surface area (Å²) >= 11 is 0. The molecule has 6 nitrogen and oxygen atoms in total. The number of nitrogens with zero attached hydrogens (tertiary/aromatic N) is 2. The molecule has 1 N–H and O–H groups in total. The average molecular weight is 323 g/mol. The van der Waals surface area contributed by atoms with Gasteiger partial charge in [-0.1, -0.05) is 12.2 Å². The molecule has 0 saturated heterocycles. The molecule has 0 unspecified atom stereocenters. The van der Waals surface area contributed by atoms with Crippen molar-refractivity contribution in [3.05, 3.63) is 60.4 Å². The second-order valence-corrected chi connectivity index (χ2v) is 5.60. The van der Waals surface area contributed by atoms with E-state index in [1.54, 1.807) is 47.6 Å². The fourth-order valence-corrected chi connectivity index (χ4v) is 2.43. The monoisotopic (exact) mass is 323 g/mol. The molecule has 3 rings (SSSR count). The highest BCUT2D eigenvalue weighted by atomic mass is 16.5. The summed E-state index contributed by atoms with van der Waals surface area (Å²) < 4.78 is 5.49. The van der Waals surface area contributed by atoms with Crippen LogP contribution in [0.25, 0.3) is 0 Å². The molecule has 0 saturated carbocycles. The third kappa shape index (κ3) is 3.27. The number of aromatic nitrogens is 1. The van der Waals surface area contributed by atoms with Crippen molar-refractivity contribution in [1.29, 1.82) is 0 Å². The normalized spacial score (nSPS) is 13.0. The van der Waals surface area contributed by atoms with Crippen LogP contribution >= 0.6 is 0 Å². The van der Waals surface area contributed by atoms with E-state index in [4.69, 9.17) is 4.74 Å². The summed E-state index contributed by atoms with van der Waals surface area (Å²) in [6.07, 6.45) is 3.12. The van der Waals surface area contributed by atoms with Gasteiger partial charge in [0.1, 0.15) is 5.75 Å². The lowest BCUT2D eigenvalue weighted by molar-refractivity contribution is -0.121. The number of carbonyl (C=O) groups is 2. The lowest BCUT2D eigenvalue weighted by atomic mass is 10.1. The van der Waals surface area contributed by atoms with Crippen LogP contribution < -0.4 is 15.0 Å². The Kier molecular flexibility index (Phi) is 4.29. The van der Waals surface area contributed by atoms with E-state index in [-0.39, 0.29) is 18.4 Å². The third-order valence-electron chi connectivity index (χ3n) is 3.53. The highest BCUT2D eigenvalue weighted by molar-refractivity contribution is 6.05. The van der Waals surface area contributed by atoms with Gasteiger partial charge < -0.3 is 15.0 Å². The van der Waals surface area contributed by atoms with Gasteiger partial charge in [-0.15, -0.1) is 0 Å². The molecule has 0 spiro atoms. The van der Waals surface area contributed by atoms with Crippen LogP contribution in [-0.2, 0) is 4.79 Å². The van der Waals surface area contributed by atoms with Crippen molar-refractivity contribution in [2.75, 3.05) is 23.4 Å². The summed E-state index contributed by atoms with van der Waals surface area (Å²) in [5.41, 5.74) is 2.67. The van der Waals surface area contributed by atoms with Crippen molar-refractivity contribution in [2.45, 2.75) is 6.92 Å². The molecule has 0 aliphatic carbocycles. The van der Waals surface area contributed by atoms with Gasteiger partial charge in [-0.3, -0.25) is 14.6 Å².